The highest BCUT2D eigenvalue weighted by Crippen LogP contribution is 2.35. The number of carboxylic acid groups (broad SMARTS) is 2. The number of rotatable bonds is 6. The van der Waals surface area contributed by atoms with Crippen molar-refractivity contribution in [3.63, 3.8) is 0 Å². The van der Waals surface area contributed by atoms with Gasteiger partial charge in [-0.2, -0.15) is 13.2 Å². The van der Waals surface area contributed by atoms with Crippen LogP contribution in [0.3, 0.4) is 0 Å². The lowest BCUT2D eigenvalue weighted by atomic mass is 9.83. The third-order valence-corrected chi connectivity index (χ3v) is 6.93. The number of aliphatic carboxylic acids is 1. The fourth-order valence-corrected chi connectivity index (χ4v) is 4.55. The molecule has 0 radical (unpaired) electrons. The molecule has 0 saturated carbocycles. The molecular weight excluding hydrogens is 529 g/mol. The van der Waals surface area contributed by atoms with Crippen molar-refractivity contribution < 1.29 is 37.4 Å². The normalized spacial score (nSPS) is 15.6. The molecule has 8 nitrogen and oxygen atoms in total. The maximum atomic E-state index is 13.1. The summed E-state index contributed by atoms with van der Waals surface area (Å²) in [6.07, 6.45) is -2.31. The summed E-state index contributed by atoms with van der Waals surface area (Å²) in [6, 6.07) is 12.2. The minimum atomic E-state index is -5.08. The number of nitrogens with zero attached hydrogens (tertiary/aromatic N) is 1. The van der Waals surface area contributed by atoms with Crippen LogP contribution in [-0.4, -0.2) is 41.4 Å². The molecule has 1 aliphatic rings. The Hall–Kier alpha value is -4.02. The van der Waals surface area contributed by atoms with Gasteiger partial charge in [0.15, 0.2) is 11.3 Å². The Balaban J connectivity index is 0.000000559. The Bertz CT molecular complexity index is 1440. The Morgan fingerprint density at radius 2 is 1.70 bits per heavy atom. The van der Waals surface area contributed by atoms with Crippen LogP contribution in [0.15, 0.2) is 51.7 Å². The minimum Gasteiger partial charge on any atom is -0.478 e. The van der Waals surface area contributed by atoms with Crippen molar-refractivity contribution in [2.75, 3.05) is 23.3 Å². The van der Waals surface area contributed by atoms with Crippen molar-refractivity contribution in [2.24, 2.45) is 5.41 Å². The first-order valence-electron chi connectivity index (χ1n) is 12.9. The lowest BCUT2D eigenvalue weighted by Crippen LogP contribution is -2.37. The van der Waals surface area contributed by atoms with Gasteiger partial charge < -0.3 is 24.8 Å². The lowest BCUT2D eigenvalue weighted by molar-refractivity contribution is -0.192. The molecule has 216 valence electrons. The number of alkyl halides is 3. The quantitative estimate of drug-likeness (QED) is 0.307. The Morgan fingerprint density at radius 1 is 1.10 bits per heavy atom. The van der Waals surface area contributed by atoms with Gasteiger partial charge in [-0.3, -0.25) is 4.79 Å². The number of hydrogen-bond acceptors (Lipinski definition) is 6. The Kier molecular flexibility index (Phi) is 9.17. The van der Waals surface area contributed by atoms with E-state index in [1.165, 1.54) is 0 Å². The van der Waals surface area contributed by atoms with Crippen molar-refractivity contribution in [3.05, 3.63) is 69.4 Å². The molecule has 3 aromatic rings. The van der Waals surface area contributed by atoms with E-state index in [0.717, 1.165) is 37.1 Å². The summed E-state index contributed by atoms with van der Waals surface area (Å²) < 4.78 is 38.1. The van der Waals surface area contributed by atoms with Crippen molar-refractivity contribution >= 4 is 34.5 Å². The third-order valence-electron chi connectivity index (χ3n) is 6.93. The predicted molar refractivity (Wildman–Crippen MR) is 146 cm³/mol. The first kappa shape index (κ1) is 30.5. The predicted octanol–water partition coefficient (Wildman–Crippen LogP) is 6.62. The van der Waals surface area contributed by atoms with Crippen molar-refractivity contribution in [1.29, 1.82) is 0 Å². The summed E-state index contributed by atoms with van der Waals surface area (Å²) >= 11 is 0. The number of carbonyl (C=O) groups is 2. The second kappa shape index (κ2) is 12.0. The molecule has 2 heterocycles. The smallest absolute Gasteiger partial charge is 0.478 e. The van der Waals surface area contributed by atoms with Gasteiger partial charge in [-0.15, -0.1) is 0 Å². The number of aryl methyl sites for hydroxylation is 1. The van der Waals surface area contributed by atoms with Gasteiger partial charge in [0.05, 0.1) is 17.0 Å². The number of hydrogen-bond donors (Lipinski definition) is 3. The molecule has 0 spiro atoms. The first-order valence-corrected chi connectivity index (χ1v) is 12.9. The van der Waals surface area contributed by atoms with E-state index >= 15 is 0 Å². The number of piperidine rings is 1. The lowest BCUT2D eigenvalue weighted by Gasteiger charge is -2.37. The molecule has 1 aliphatic heterocycles. The average Bonchev–Trinajstić information content (AvgIpc) is 2.87. The van der Waals surface area contributed by atoms with Crippen LogP contribution in [0, 0.1) is 12.3 Å². The van der Waals surface area contributed by atoms with Gasteiger partial charge in [0.2, 0.25) is 0 Å². The second-order valence-corrected chi connectivity index (χ2v) is 10.6. The number of halogens is 3. The number of anilines is 2. The SMILES string of the molecule is CCC(Nc1ccccc1C(=O)O)c1cc(C)cc2c(=O)cc(N3CCC(C)(C)CC3)oc12.O=C(O)C(F)(F)F. The van der Waals surface area contributed by atoms with E-state index < -0.39 is 18.1 Å². The van der Waals surface area contributed by atoms with E-state index in [9.17, 15) is 27.9 Å². The molecule has 0 bridgehead atoms. The zero-order valence-corrected chi connectivity index (χ0v) is 22.8. The minimum absolute atomic E-state index is 0.0539. The highest BCUT2D eigenvalue weighted by atomic mass is 19.4. The maximum Gasteiger partial charge on any atom is 0.490 e. The molecule has 1 fully saturated rings. The maximum absolute atomic E-state index is 13.1. The van der Waals surface area contributed by atoms with Crippen molar-refractivity contribution in [2.45, 2.75) is 59.2 Å². The molecule has 1 atom stereocenters. The molecule has 0 amide bonds. The van der Waals surface area contributed by atoms with Crippen LogP contribution in [0.4, 0.5) is 24.7 Å². The highest BCUT2D eigenvalue weighted by Gasteiger charge is 2.38. The summed E-state index contributed by atoms with van der Waals surface area (Å²) in [6.45, 7) is 10.2. The molecule has 1 aromatic heterocycles. The number of nitrogens with one attached hydrogen (secondary N) is 1. The van der Waals surface area contributed by atoms with E-state index in [4.69, 9.17) is 14.3 Å². The van der Waals surface area contributed by atoms with Gasteiger partial charge in [-0.1, -0.05) is 39.0 Å². The van der Waals surface area contributed by atoms with Crippen LogP contribution in [0.25, 0.3) is 11.0 Å². The number of aromatic carboxylic acids is 1. The number of fused-ring (bicyclic) bond motifs is 1. The average molecular weight is 563 g/mol. The monoisotopic (exact) mass is 562 g/mol. The molecule has 4 rings (SSSR count). The highest BCUT2D eigenvalue weighted by molar-refractivity contribution is 5.94. The third kappa shape index (κ3) is 7.34. The summed E-state index contributed by atoms with van der Waals surface area (Å²) in [5, 5.41) is 20.7. The number of benzene rings is 2. The van der Waals surface area contributed by atoms with Crippen LogP contribution in [0.2, 0.25) is 0 Å². The second-order valence-electron chi connectivity index (χ2n) is 10.6. The molecule has 2 aromatic carbocycles. The van der Waals surface area contributed by atoms with E-state index in [1.54, 1.807) is 24.3 Å². The van der Waals surface area contributed by atoms with Crippen LogP contribution < -0.4 is 15.6 Å². The summed E-state index contributed by atoms with van der Waals surface area (Å²) in [7, 11) is 0. The van der Waals surface area contributed by atoms with E-state index in [2.05, 4.69) is 24.1 Å². The van der Waals surface area contributed by atoms with E-state index in [1.807, 2.05) is 32.0 Å². The zero-order valence-electron chi connectivity index (χ0n) is 22.8. The van der Waals surface area contributed by atoms with Crippen LogP contribution >= 0.6 is 0 Å². The van der Waals surface area contributed by atoms with E-state index in [-0.39, 0.29) is 17.0 Å². The van der Waals surface area contributed by atoms with Gasteiger partial charge in [-0.05, 0) is 55.4 Å². The fraction of sp³-hybridized carbons (Fsp3) is 0.414. The summed E-state index contributed by atoms with van der Waals surface area (Å²) in [4.78, 5) is 35.9. The molecule has 3 N–H and O–H groups in total. The first-order chi connectivity index (χ1) is 18.6. The number of para-hydroxylation sites is 1. The molecular formula is C29H33F3N2O6. The largest absolute Gasteiger partial charge is 0.490 e. The zero-order chi connectivity index (χ0) is 29.8. The number of carboxylic acids is 2. The van der Waals surface area contributed by atoms with Crippen LogP contribution in [0.1, 0.15) is 67.6 Å². The molecule has 11 heteroatoms. The topological polar surface area (TPSA) is 120 Å². The van der Waals surface area contributed by atoms with E-state index in [0.29, 0.717) is 34.4 Å². The van der Waals surface area contributed by atoms with Crippen molar-refractivity contribution in [1.82, 2.24) is 0 Å². The van der Waals surface area contributed by atoms with Gasteiger partial charge in [-0.25, -0.2) is 9.59 Å². The molecule has 40 heavy (non-hydrogen) atoms. The Labute approximate surface area is 229 Å². The van der Waals surface area contributed by atoms with Gasteiger partial charge >= 0.3 is 18.1 Å². The van der Waals surface area contributed by atoms with Crippen molar-refractivity contribution in [3.8, 4) is 0 Å². The van der Waals surface area contributed by atoms with Gasteiger partial charge in [0.25, 0.3) is 0 Å². The summed E-state index contributed by atoms with van der Waals surface area (Å²) in [5.41, 5.74) is 3.40. The van der Waals surface area contributed by atoms with Crippen LogP contribution in [-0.2, 0) is 4.79 Å². The van der Waals surface area contributed by atoms with Gasteiger partial charge in [0.1, 0.15) is 5.58 Å². The standard InChI is InChI=1S/C27H32N2O4.C2HF3O2/c1-5-21(28-22-9-7-6-8-18(22)26(31)32)19-14-17(2)15-20-23(30)16-24(33-25(19)20)29-12-10-27(3,4)11-13-29;3-2(4,5)1(6)7/h6-9,14-16,21,28H,5,10-13H2,1-4H3,(H,31,32);(H,6,7). The molecule has 1 unspecified atom stereocenters. The Morgan fingerprint density at radius 3 is 2.25 bits per heavy atom. The molecule has 1 saturated heterocycles. The van der Waals surface area contributed by atoms with Gasteiger partial charge in [0, 0.05) is 30.4 Å². The summed E-state index contributed by atoms with van der Waals surface area (Å²) in [5.74, 6) is -3.13. The van der Waals surface area contributed by atoms with Crippen LogP contribution in [0.5, 0.6) is 0 Å². The molecule has 0 aliphatic carbocycles. The fourth-order valence-electron chi connectivity index (χ4n) is 4.55.